The van der Waals surface area contributed by atoms with Gasteiger partial charge >= 0.3 is 6.18 Å². The number of aromatic nitrogens is 3. The summed E-state index contributed by atoms with van der Waals surface area (Å²) in [7, 11) is 1.87. The molecule has 0 aliphatic carbocycles. The Hall–Kier alpha value is -6.77. The maximum absolute atomic E-state index is 14.9. The second-order valence-electron chi connectivity index (χ2n) is 18.8. The molecule has 70 heavy (non-hydrogen) atoms. The third-order valence-corrected chi connectivity index (χ3v) is 13.4. The molecule has 3 aliphatic rings. The van der Waals surface area contributed by atoms with Crippen LogP contribution in [0.2, 0.25) is 0 Å². The van der Waals surface area contributed by atoms with Gasteiger partial charge in [-0.05, 0) is 112 Å². The molecule has 368 valence electrons. The normalized spacial score (nSPS) is 18.3. The Labute approximate surface area is 404 Å². The van der Waals surface area contributed by atoms with Crippen LogP contribution in [0.5, 0.6) is 11.5 Å². The number of hydrogen-bond donors (Lipinski definition) is 2. The SMILES string of the molecule is Cc1noc(C)c1-c1ccc(=O)n(Cc2cccc(OCC(=O)N3CC(CN4CCC(Oc5ccc(NCC#Cc6cc7c(N[C@@H]8CCN(C)C[C@@H]8F)cccc7n6CC(F)(F)F)cc5)CC4)C3)c2)c1. The number of halogens is 4. The van der Waals surface area contributed by atoms with E-state index in [4.69, 9.17) is 14.0 Å². The van der Waals surface area contributed by atoms with Gasteiger partial charge in [-0.25, -0.2) is 4.39 Å². The molecule has 6 aromatic rings. The van der Waals surface area contributed by atoms with Crippen LogP contribution in [0.15, 0.2) is 100 Å². The summed E-state index contributed by atoms with van der Waals surface area (Å²) in [4.78, 5) is 32.0. The van der Waals surface area contributed by atoms with Gasteiger partial charge in [0.05, 0.1) is 36.0 Å². The lowest BCUT2D eigenvalue weighted by atomic mass is 9.97. The van der Waals surface area contributed by atoms with Gasteiger partial charge in [-0.1, -0.05) is 29.3 Å². The van der Waals surface area contributed by atoms with Gasteiger partial charge in [0, 0.05) is 91.9 Å². The van der Waals surface area contributed by atoms with E-state index in [1.807, 2.05) is 79.2 Å². The van der Waals surface area contributed by atoms with Gasteiger partial charge in [-0.3, -0.25) is 9.59 Å². The number of carbonyl (C=O) groups is 1. The molecular weight excluding hydrogens is 905 g/mol. The molecule has 6 heterocycles. The van der Waals surface area contributed by atoms with Gasteiger partial charge in [0.1, 0.15) is 36.1 Å². The van der Waals surface area contributed by atoms with Crippen molar-refractivity contribution in [1.29, 1.82) is 0 Å². The molecule has 0 radical (unpaired) electrons. The number of fused-ring (bicyclic) bond motifs is 1. The summed E-state index contributed by atoms with van der Waals surface area (Å²) in [5.74, 6) is 8.28. The molecular formula is C53H58F4N8O5. The summed E-state index contributed by atoms with van der Waals surface area (Å²) in [6.07, 6.45) is -1.31. The van der Waals surface area contributed by atoms with Crippen LogP contribution in [-0.4, -0.2) is 125 Å². The average molecular weight is 963 g/mol. The zero-order valence-corrected chi connectivity index (χ0v) is 39.6. The van der Waals surface area contributed by atoms with Crippen LogP contribution in [0.1, 0.15) is 42.0 Å². The van der Waals surface area contributed by atoms with E-state index >= 15 is 0 Å². The highest BCUT2D eigenvalue weighted by Crippen LogP contribution is 2.32. The minimum atomic E-state index is -4.46. The molecule has 2 atom stereocenters. The number of amides is 1. The summed E-state index contributed by atoms with van der Waals surface area (Å²) < 4.78 is 76.5. The second kappa shape index (κ2) is 21.1. The number of carbonyl (C=O) groups excluding carboxylic acids is 1. The van der Waals surface area contributed by atoms with Gasteiger partial charge in [0.25, 0.3) is 11.5 Å². The lowest BCUT2D eigenvalue weighted by molar-refractivity contribution is -0.140. The van der Waals surface area contributed by atoms with Crippen LogP contribution in [0, 0.1) is 31.6 Å². The van der Waals surface area contributed by atoms with Crippen LogP contribution < -0.4 is 25.7 Å². The number of pyridine rings is 1. The van der Waals surface area contributed by atoms with Gasteiger partial charge in [0.15, 0.2) is 6.61 Å². The highest BCUT2D eigenvalue weighted by Gasteiger charge is 2.34. The average Bonchev–Trinajstić information content (AvgIpc) is 3.85. The highest BCUT2D eigenvalue weighted by molar-refractivity contribution is 5.94. The van der Waals surface area contributed by atoms with E-state index in [1.165, 1.54) is 4.57 Å². The first-order valence-corrected chi connectivity index (χ1v) is 23.8. The third kappa shape index (κ3) is 11.8. The van der Waals surface area contributed by atoms with E-state index in [0.29, 0.717) is 66.6 Å². The molecule has 0 unspecified atom stereocenters. The predicted octanol–water partition coefficient (Wildman–Crippen LogP) is 7.98. The van der Waals surface area contributed by atoms with E-state index in [1.54, 1.807) is 47.2 Å². The molecule has 3 aromatic heterocycles. The lowest BCUT2D eigenvalue weighted by Crippen LogP contribution is -2.55. The standard InChI is InChI=1S/C53H58F4N8O5/c1-35-52(36(2)70-60-35)39-12-17-50(66)64(31-39)28-37-7-4-9-44(25-37)68-33-51(67)63-29-38(30-63)27-62-23-18-43(19-24-62)69-42-15-13-40(14-16-42)58-21-6-8-41-26-45-47(59-48-20-22-61(3)32-46(48)54)10-5-11-49(45)65(41)34-53(55,56)57/h4-5,7,9-17,25-26,31,38,43,46,48,58-59H,18-24,27-30,32-34H2,1-3H3/t46-,48+/m0/s1. The fraction of sp³-hybridized carbons (Fsp3) is 0.415. The van der Waals surface area contributed by atoms with E-state index in [-0.39, 0.29) is 36.4 Å². The number of nitrogens with zero attached hydrogens (tertiary/aromatic N) is 6. The van der Waals surface area contributed by atoms with Gasteiger partial charge < -0.3 is 48.5 Å². The Bertz CT molecular complexity index is 2890. The van der Waals surface area contributed by atoms with Crippen molar-refractivity contribution in [2.75, 3.05) is 76.6 Å². The Morgan fingerprint density at radius 2 is 1.71 bits per heavy atom. The highest BCUT2D eigenvalue weighted by atomic mass is 19.4. The van der Waals surface area contributed by atoms with Gasteiger partial charge in [0.2, 0.25) is 0 Å². The number of hydrogen-bond acceptors (Lipinski definition) is 10. The topological polar surface area (TPSA) is 122 Å². The Morgan fingerprint density at radius 1 is 0.929 bits per heavy atom. The van der Waals surface area contributed by atoms with Gasteiger partial charge in [-0.15, -0.1) is 0 Å². The summed E-state index contributed by atoms with van der Waals surface area (Å²) in [6, 6.07) is 24.7. The maximum Gasteiger partial charge on any atom is 0.406 e. The number of likely N-dealkylation sites (tertiary alicyclic amines) is 3. The number of piperidine rings is 2. The molecule has 9 rings (SSSR count). The first-order valence-electron chi connectivity index (χ1n) is 23.8. The largest absolute Gasteiger partial charge is 0.490 e. The number of nitrogens with one attached hydrogen (secondary N) is 2. The van der Waals surface area contributed by atoms with Gasteiger partial charge in [-0.2, -0.15) is 13.2 Å². The molecule has 13 nitrogen and oxygen atoms in total. The lowest BCUT2D eigenvalue weighted by Gasteiger charge is -2.43. The van der Waals surface area contributed by atoms with Crippen LogP contribution in [0.3, 0.4) is 0 Å². The maximum atomic E-state index is 14.9. The quantitative estimate of drug-likeness (QED) is 0.0775. The second-order valence-corrected chi connectivity index (χ2v) is 18.8. The van der Waals surface area contributed by atoms with E-state index in [2.05, 4.69) is 32.5 Å². The fourth-order valence-corrected chi connectivity index (χ4v) is 9.74. The predicted molar refractivity (Wildman–Crippen MR) is 261 cm³/mol. The van der Waals surface area contributed by atoms with Crippen molar-refractivity contribution >= 4 is 28.2 Å². The molecule has 2 N–H and O–H groups in total. The zero-order chi connectivity index (χ0) is 48.9. The van der Waals surface area contributed by atoms with Crippen molar-refractivity contribution in [3.8, 4) is 34.5 Å². The summed E-state index contributed by atoms with van der Waals surface area (Å²) in [5.41, 5.74) is 5.23. The number of aryl methyl sites for hydroxylation is 2. The molecule has 3 saturated heterocycles. The third-order valence-electron chi connectivity index (χ3n) is 13.4. The summed E-state index contributed by atoms with van der Waals surface area (Å²) >= 11 is 0. The van der Waals surface area contributed by atoms with Crippen LogP contribution in [0.4, 0.5) is 28.9 Å². The Kier molecular flexibility index (Phi) is 14.5. The van der Waals surface area contributed by atoms with E-state index in [0.717, 1.165) is 72.8 Å². The van der Waals surface area contributed by atoms with Crippen molar-refractivity contribution in [2.45, 2.75) is 70.7 Å². The number of anilines is 2. The molecule has 0 saturated carbocycles. The van der Waals surface area contributed by atoms with Crippen molar-refractivity contribution in [2.24, 2.45) is 5.92 Å². The van der Waals surface area contributed by atoms with Crippen molar-refractivity contribution in [3.63, 3.8) is 0 Å². The van der Waals surface area contributed by atoms with Crippen LogP contribution in [0.25, 0.3) is 22.0 Å². The molecule has 0 bridgehead atoms. The number of rotatable bonds is 15. The minimum absolute atomic E-state index is 0.0551. The van der Waals surface area contributed by atoms with Crippen LogP contribution >= 0.6 is 0 Å². The molecule has 3 aromatic carbocycles. The molecule has 0 spiro atoms. The van der Waals surface area contributed by atoms with Crippen molar-refractivity contribution in [3.05, 3.63) is 124 Å². The minimum Gasteiger partial charge on any atom is -0.490 e. The zero-order valence-electron chi connectivity index (χ0n) is 39.6. The van der Waals surface area contributed by atoms with Crippen LogP contribution in [-0.2, 0) is 17.9 Å². The summed E-state index contributed by atoms with van der Waals surface area (Å²) in [6.45, 7) is 8.15. The van der Waals surface area contributed by atoms with E-state index < -0.39 is 24.9 Å². The van der Waals surface area contributed by atoms with Crippen molar-refractivity contribution < 1.29 is 36.4 Å². The molecule has 1 amide bonds. The number of benzene rings is 3. The first-order chi connectivity index (χ1) is 33.7. The van der Waals surface area contributed by atoms with E-state index in [9.17, 15) is 27.2 Å². The molecule has 3 fully saturated rings. The fourth-order valence-electron chi connectivity index (χ4n) is 9.74. The molecule has 17 heteroatoms. The monoisotopic (exact) mass is 962 g/mol. The first kappa shape index (κ1) is 48.3. The smallest absolute Gasteiger partial charge is 0.406 e. The van der Waals surface area contributed by atoms with Crippen molar-refractivity contribution in [1.82, 2.24) is 29.0 Å². The number of alkyl halides is 4. The number of ether oxygens (including phenoxy) is 2. The summed E-state index contributed by atoms with van der Waals surface area (Å²) in [5, 5.41) is 11.1. The Morgan fingerprint density at radius 3 is 2.46 bits per heavy atom. The molecule has 3 aliphatic heterocycles. The Balaban J connectivity index is 0.690.